The first-order valence-electron chi connectivity index (χ1n) is 28.5. The van der Waals surface area contributed by atoms with E-state index < -0.39 is 17.5 Å². The van der Waals surface area contributed by atoms with Gasteiger partial charge in [-0.25, -0.2) is 9.18 Å². The van der Waals surface area contributed by atoms with Crippen molar-refractivity contribution in [2.24, 2.45) is 10.8 Å². The van der Waals surface area contributed by atoms with E-state index in [-0.39, 0.29) is 77.2 Å². The van der Waals surface area contributed by atoms with Gasteiger partial charge in [0.15, 0.2) is 12.6 Å². The van der Waals surface area contributed by atoms with E-state index in [1.54, 1.807) is 18.2 Å². The SMILES string of the molecule is CCc1cccc2cc(OCOC)cc(-c3ncc4c(N5CC6CCC(C5)N6C(=O)OC(C)(C)C)nc(OCC5(CN6CCC(N7CC8(CN(c9ccc%10c(c9)CN(C9CCC(=O)NC9=O)C%10=O)C8)C7)CC6)CC5)nc4c3F)c12. The molecule has 0 radical (unpaired) electrons. The molecule has 1 spiro atoms. The van der Waals surface area contributed by atoms with Gasteiger partial charge in [0.2, 0.25) is 11.8 Å². The first-order valence-corrected chi connectivity index (χ1v) is 28.5. The summed E-state index contributed by atoms with van der Waals surface area (Å²) in [6.45, 7) is 16.7. The molecule has 19 heteroatoms. The smallest absolute Gasteiger partial charge is 0.410 e. The summed E-state index contributed by atoms with van der Waals surface area (Å²) >= 11 is 0. The molecule has 9 heterocycles. The Morgan fingerprint density at radius 2 is 1.65 bits per heavy atom. The van der Waals surface area contributed by atoms with Gasteiger partial charge in [0, 0.05) is 106 Å². The number of pyridine rings is 1. The standard InChI is InChI=1S/C60H71FN10O8/c1-6-36-8-7-9-37-23-43(78-35-76-5)24-45(49(36)37)51-50(61)52-46(25-62-51)53(67-27-41-10-11-42(28-67)71(41)57(75)79-58(2,3)4)65-56(64-52)77-34-59(18-19-59)29-66-20-16-39(17-21-66)68-30-60(31-68)32-69(33-60)40-12-13-44-38(22-40)26-70(55(44)74)47-14-15-48(72)63-54(47)73/h7-9,12-13,22-25,39,41-42,47H,6,10-11,14-21,26-35H2,1-5H3,(H,63,72,73). The minimum absolute atomic E-state index is 0.0376. The Hall–Kier alpha value is -6.70. The number of carbonyl (C=O) groups is 4. The number of hydrogen-bond donors (Lipinski definition) is 1. The quantitative estimate of drug-likeness (QED) is 0.0864. The van der Waals surface area contributed by atoms with E-state index in [1.165, 1.54) is 0 Å². The van der Waals surface area contributed by atoms with E-state index in [9.17, 15) is 19.2 Å². The van der Waals surface area contributed by atoms with Gasteiger partial charge in [-0.2, -0.15) is 9.97 Å². The highest BCUT2D eigenvalue weighted by Crippen LogP contribution is 2.49. The second kappa shape index (κ2) is 19.8. The van der Waals surface area contributed by atoms with Crippen molar-refractivity contribution in [1.29, 1.82) is 0 Å². The molecular weight excluding hydrogens is 1010 g/mol. The molecule has 1 saturated carbocycles. The molecule has 3 unspecified atom stereocenters. The van der Waals surface area contributed by atoms with Crippen molar-refractivity contribution in [2.45, 2.75) is 122 Å². The molecule has 2 aromatic heterocycles. The van der Waals surface area contributed by atoms with Crippen LogP contribution >= 0.6 is 0 Å². The number of hydrogen-bond acceptors (Lipinski definition) is 15. The lowest BCUT2D eigenvalue weighted by Crippen LogP contribution is -2.74. The molecule has 1 N–H and O–H groups in total. The summed E-state index contributed by atoms with van der Waals surface area (Å²) in [4.78, 5) is 79.3. The molecule has 79 heavy (non-hydrogen) atoms. The van der Waals surface area contributed by atoms with Crippen molar-refractivity contribution >= 4 is 57.0 Å². The fourth-order valence-electron chi connectivity index (χ4n) is 14.0. The topological polar surface area (TPSA) is 175 Å². The molecule has 5 aromatic rings. The number of nitrogens with one attached hydrogen (secondary N) is 1. The van der Waals surface area contributed by atoms with Crippen molar-refractivity contribution in [3.05, 3.63) is 77.2 Å². The van der Waals surface area contributed by atoms with Crippen molar-refractivity contribution in [3.63, 3.8) is 0 Å². The third-order valence-corrected chi connectivity index (χ3v) is 18.1. The zero-order valence-corrected chi connectivity index (χ0v) is 46.0. The molecular formula is C60H71FN10O8. The van der Waals surface area contributed by atoms with Crippen LogP contribution in [0, 0.1) is 16.6 Å². The fraction of sp³-hybridized carbons (Fsp3) is 0.550. The second-order valence-corrected chi connectivity index (χ2v) is 24.9. The summed E-state index contributed by atoms with van der Waals surface area (Å²) in [5.41, 5.74) is 4.28. The number of imide groups is 1. The third-order valence-electron chi connectivity index (χ3n) is 18.1. The van der Waals surface area contributed by atoms with Gasteiger partial charge in [-0.15, -0.1) is 0 Å². The molecule has 8 aliphatic rings. The number of rotatable bonds is 14. The maximum Gasteiger partial charge on any atom is 0.410 e. The van der Waals surface area contributed by atoms with Gasteiger partial charge in [0.05, 0.1) is 24.1 Å². The van der Waals surface area contributed by atoms with Gasteiger partial charge in [-0.05, 0) is 137 Å². The predicted octanol–water partition coefficient (Wildman–Crippen LogP) is 7.32. The Kier molecular flexibility index (Phi) is 13.0. The number of fused-ring (bicyclic) bond motifs is 5. The number of likely N-dealkylation sites (tertiary alicyclic amines) is 2. The number of piperidine rings is 2. The number of aromatic nitrogens is 3. The minimum atomic E-state index is -0.622. The molecule has 13 rings (SSSR count). The zero-order valence-electron chi connectivity index (χ0n) is 46.0. The third kappa shape index (κ3) is 9.66. The normalized spacial score (nSPS) is 23.8. The van der Waals surface area contributed by atoms with Crippen LogP contribution in [0.25, 0.3) is 32.9 Å². The summed E-state index contributed by atoms with van der Waals surface area (Å²) in [5, 5.41) is 4.68. The number of aryl methyl sites for hydroxylation is 1. The first kappa shape index (κ1) is 51.7. The van der Waals surface area contributed by atoms with Gasteiger partial charge < -0.3 is 38.5 Å². The van der Waals surface area contributed by atoms with Crippen LogP contribution in [0.3, 0.4) is 0 Å². The number of halogens is 1. The summed E-state index contributed by atoms with van der Waals surface area (Å²) in [6, 6.07) is 15.8. The van der Waals surface area contributed by atoms with Crippen LogP contribution in [-0.4, -0.2) is 168 Å². The van der Waals surface area contributed by atoms with Crippen LogP contribution in [0.15, 0.2) is 54.7 Å². The van der Waals surface area contributed by atoms with Gasteiger partial charge in [0.25, 0.3) is 5.91 Å². The van der Waals surface area contributed by atoms with Crippen LogP contribution in [0.1, 0.15) is 101 Å². The zero-order chi connectivity index (χ0) is 54.5. The molecule has 18 nitrogen and oxygen atoms in total. The Bertz CT molecular complexity index is 3260. The molecule has 6 saturated heterocycles. The Morgan fingerprint density at radius 3 is 2.35 bits per heavy atom. The highest BCUT2D eigenvalue weighted by Gasteiger charge is 2.54. The van der Waals surface area contributed by atoms with E-state index in [1.807, 2.05) is 62.1 Å². The Morgan fingerprint density at radius 1 is 0.873 bits per heavy atom. The van der Waals surface area contributed by atoms with Crippen LogP contribution in [0.2, 0.25) is 0 Å². The van der Waals surface area contributed by atoms with Gasteiger partial charge in [-0.1, -0.05) is 25.1 Å². The average molecular weight is 1080 g/mol. The van der Waals surface area contributed by atoms with Crippen molar-refractivity contribution in [2.75, 3.05) is 89.2 Å². The Labute approximate surface area is 459 Å². The second-order valence-electron chi connectivity index (χ2n) is 24.9. The van der Waals surface area contributed by atoms with E-state index >= 15 is 4.39 Å². The molecule has 3 atom stereocenters. The lowest BCUT2D eigenvalue weighted by Gasteiger charge is -2.63. The summed E-state index contributed by atoms with van der Waals surface area (Å²) in [6.07, 6.45) is 8.67. The summed E-state index contributed by atoms with van der Waals surface area (Å²) < 4.78 is 41.4. The summed E-state index contributed by atoms with van der Waals surface area (Å²) in [5.74, 6) is -0.293. The van der Waals surface area contributed by atoms with Gasteiger partial charge in [-0.3, -0.25) is 34.5 Å². The summed E-state index contributed by atoms with van der Waals surface area (Å²) in [7, 11) is 1.57. The number of nitrogens with zero attached hydrogens (tertiary/aromatic N) is 9. The minimum Gasteiger partial charge on any atom is -0.468 e. The molecule has 4 amide bonds. The maximum absolute atomic E-state index is 17.7. The van der Waals surface area contributed by atoms with E-state index in [0.29, 0.717) is 66.8 Å². The Balaban J connectivity index is 0.676. The fourth-order valence-corrected chi connectivity index (χ4v) is 14.0. The van der Waals surface area contributed by atoms with E-state index in [4.69, 9.17) is 33.9 Å². The number of anilines is 2. The average Bonchev–Trinajstić information content (AvgIpc) is 4.21. The highest BCUT2D eigenvalue weighted by molar-refractivity contribution is 6.06. The maximum atomic E-state index is 17.7. The van der Waals surface area contributed by atoms with Crippen LogP contribution < -0.4 is 24.6 Å². The van der Waals surface area contributed by atoms with Crippen molar-refractivity contribution < 1.29 is 42.5 Å². The van der Waals surface area contributed by atoms with Gasteiger partial charge in [0.1, 0.15) is 34.4 Å². The molecule has 7 aliphatic heterocycles. The number of benzene rings is 3. The lowest BCUT2D eigenvalue weighted by molar-refractivity contribution is -0.136. The number of piperazine rings is 1. The first-order chi connectivity index (χ1) is 38.1. The van der Waals surface area contributed by atoms with E-state index in [0.717, 1.165) is 118 Å². The number of methoxy groups -OCH3 is 1. The van der Waals surface area contributed by atoms with Crippen molar-refractivity contribution in [3.8, 4) is 23.0 Å². The molecule has 2 bridgehead atoms. The molecule has 416 valence electrons. The van der Waals surface area contributed by atoms with Crippen LogP contribution in [-0.2, 0) is 32.0 Å². The number of amides is 4. The largest absolute Gasteiger partial charge is 0.468 e. The molecule has 3 aromatic carbocycles. The highest BCUT2D eigenvalue weighted by atomic mass is 19.1. The van der Waals surface area contributed by atoms with Crippen LogP contribution in [0.4, 0.5) is 20.7 Å². The lowest BCUT2D eigenvalue weighted by atomic mass is 9.71. The van der Waals surface area contributed by atoms with Crippen molar-refractivity contribution in [1.82, 2.24) is 39.9 Å². The number of ether oxygens (including phenoxy) is 4. The molecule has 7 fully saturated rings. The van der Waals surface area contributed by atoms with Gasteiger partial charge >= 0.3 is 12.1 Å². The number of carbonyl (C=O) groups excluding carboxylic acids is 4. The van der Waals surface area contributed by atoms with E-state index in [2.05, 4.69) is 44.0 Å². The monoisotopic (exact) mass is 1080 g/mol. The van der Waals surface area contributed by atoms with Crippen LogP contribution in [0.5, 0.6) is 11.8 Å². The molecule has 1 aliphatic carbocycles. The predicted molar refractivity (Wildman–Crippen MR) is 295 cm³/mol.